The minimum atomic E-state index is -0.441. The highest BCUT2D eigenvalue weighted by Gasteiger charge is 2.20. The van der Waals surface area contributed by atoms with E-state index in [4.69, 9.17) is 9.47 Å². The number of hydrogen-bond acceptors (Lipinski definition) is 5. The second kappa shape index (κ2) is 6.94. The van der Waals surface area contributed by atoms with Crippen LogP contribution in [0.15, 0.2) is 42.5 Å². The van der Waals surface area contributed by atoms with Crippen molar-refractivity contribution < 1.29 is 19.1 Å². The molecular formula is C19H17NO4S. The van der Waals surface area contributed by atoms with Crippen LogP contribution in [0.3, 0.4) is 0 Å². The summed E-state index contributed by atoms with van der Waals surface area (Å²) in [4.78, 5) is 24.8. The predicted molar refractivity (Wildman–Crippen MR) is 98.8 cm³/mol. The summed E-state index contributed by atoms with van der Waals surface area (Å²) in [6, 6.07) is 12.8. The molecule has 128 valence electrons. The summed E-state index contributed by atoms with van der Waals surface area (Å²) in [5, 5.41) is 3.65. The third-order valence-electron chi connectivity index (χ3n) is 3.86. The van der Waals surface area contributed by atoms with Gasteiger partial charge in [-0.3, -0.25) is 4.79 Å². The third kappa shape index (κ3) is 3.21. The number of nitrogens with one attached hydrogen (secondary N) is 1. The summed E-state index contributed by atoms with van der Waals surface area (Å²) >= 11 is 1.30. The number of fused-ring (bicyclic) bond motifs is 1. The molecule has 0 aliphatic carbocycles. The summed E-state index contributed by atoms with van der Waals surface area (Å²) in [7, 11) is 2.84. The Morgan fingerprint density at radius 1 is 1.08 bits per heavy atom. The maximum Gasteiger partial charge on any atom is 0.351 e. The van der Waals surface area contributed by atoms with Gasteiger partial charge >= 0.3 is 5.97 Å². The fourth-order valence-corrected chi connectivity index (χ4v) is 3.68. The number of amides is 1. The molecule has 0 spiro atoms. The number of benzene rings is 2. The number of carbonyl (C=O) groups excluding carboxylic acids is 2. The van der Waals surface area contributed by atoms with Crippen LogP contribution in [-0.2, 0) is 4.74 Å². The van der Waals surface area contributed by atoms with E-state index in [2.05, 4.69) is 5.32 Å². The van der Waals surface area contributed by atoms with Gasteiger partial charge in [-0.15, -0.1) is 11.3 Å². The number of hydrogen-bond donors (Lipinski definition) is 1. The van der Waals surface area contributed by atoms with E-state index in [9.17, 15) is 9.59 Å². The van der Waals surface area contributed by atoms with Gasteiger partial charge in [0.05, 0.1) is 14.2 Å². The number of aryl methyl sites for hydroxylation is 1. The zero-order valence-electron chi connectivity index (χ0n) is 14.1. The number of rotatable bonds is 4. The molecule has 0 radical (unpaired) electrons. The number of anilines is 1. The van der Waals surface area contributed by atoms with Crippen molar-refractivity contribution in [3.63, 3.8) is 0 Å². The van der Waals surface area contributed by atoms with Gasteiger partial charge in [-0.05, 0) is 36.8 Å². The van der Waals surface area contributed by atoms with Crippen LogP contribution in [0.2, 0.25) is 0 Å². The molecule has 0 saturated carbocycles. The lowest BCUT2D eigenvalue weighted by Crippen LogP contribution is -2.13. The Morgan fingerprint density at radius 2 is 1.84 bits per heavy atom. The van der Waals surface area contributed by atoms with Gasteiger partial charge < -0.3 is 14.8 Å². The van der Waals surface area contributed by atoms with Crippen LogP contribution in [0.4, 0.5) is 5.69 Å². The van der Waals surface area contributed by atoms with Crippen LogP contribution >= 0.6 is 11.3 Å². The lowest BCUT2D eigenvalue weighted by atomic mass is 10.1. The van der Waals surface area contributed by atoms with E-state index >= 15 is 0 Å². The highest BCUT2D eigenvalue weighted by Crippen LogP contribution is 2.39. The fourth-order valence-electron chi connectivity index (χ4n) is 2.61. The first-order valence-corrected chi connectivity index (χ1v) is 8.42. The van der Waals surface area contributed by atoms with Crippen molar-refractivity contribution in [2.75, 3.05) is 19.5 Å². The maximum atomic E-state index is 12.5. The lowest BCUT2D eigenvalue weighted by molar-refractivity contribution is 0.0603. The molecule has 1 N–H and O–H groups in total. The van der Waals surface area contributed by atoms with E-state index in [0.717, 1.165) is 15.6 Å². The molecule has 1 heterocycles. The van der Waals surface area contributed by atoms with Crippen LogP contribution in [0.1, 0.15) is 25.6 Å². The van der Waals surface area contributed by atoms with Crippen LogP contribution in [0.5, 0.6) is 5.75 Å². The Balaban J connectivity index is 1.97. The van der Waals surface area contributed by atoms with E-state index in [1.165, 1.54) is 25.6 Å². The van der Waals surface area contributed by atoms with Crippen LogP contribution in [0, 0.1) is 6.92 Å². The molecule has 25 heavy (non-hydrogen) atoms. The van der Waals surface area contributed by atoms with Crippen molar-refractivity contribution in [3.05, 3.63) is 58.5 Å². The average molecular weight is 355 g/mol. The Hall–Kier alpha value is -2.86. The molecule has 6 heteroatoms. The van der Waals surface area contributed by atoms with E-state index in [0.29, 0.717) is 21.9 Å². The molecule has 3 aromatic rings. The van der Waals surface area contributed by atoms with Crippen molar-refractivity contribution in [2.45, 2.75) is 6.92 Å². The second-order valence-electron chi connectivity index (χ2n) is 5.44. The number of methoxy groups -OCH3 is 2. The maximum absolute atomic E-state index is 12.5. The Morgan fingerprint density at radius 3 is 2.52 bits per heavy atom. The molecule has 0 fully saturated rings. The van der Waals surface area contributed by atoms with E-state index < -0.39 is 5.97 Å². The largest absolute Gasteiger partial charge is 0.494 e. The fraction of sp³-hybridized carbons (Fsp3) is 0.158. The molecule has 0 unspecified atom stereocenters. The van der Waals surface area contributed by atoms with Crippen molar-refractivity contribution in [1.29, 1.82) is 0 Å². The lowest BCUT2D eigenvalue weighted by Gasteiger charge is -2.08. The predicted octanol–water partition coefficient (Wildman–Crippen LogP) is 4.26. The SMILES string of the molecule is COC(=O)c1sc2ccc(NC(=O)c3ccccc3C)cc2c1OC. The van der Waals surface area contributed by atoms with E-state index in [1.54, 1.807) is 18.2 Å². The molecule has 1 aromatic heterocycles. The number of esters is 1. The minimum Gasteiger partial charge on any atom is -0.494 e. The minimum absolute atomic E-state index is 0.181. The van der Waals surface area contributed by atoms with Gasteiger partial charge in [-0.2, -0.15) is 0 Å². The van der Waals surface area contributed by atoms with E-state index in [1.807, 2.05) is 31.2 Å². The topological polar surface area (TPSA) is 64.6 Å². The van der Waals surface area contributed by atoms with Crippen molar-refractivity contribution in [1.82, 2.24) is 0 Å². The van der Waals surface area contributed by atoms with E-state index in [-0.39, 0.29) is 5.91 Å². The molecule has 0 atom stereocenters. The second-order valence-corrected chi connectivity index (χ2v) is 6.49. The van der Waals surface area contributed by atoms with Crippen molar-refractivity contribution in [3.8, 4) is 5.75 Å². The molecule has 0 aliphatic rings. The zero-order valence-corrected chi connectivity index (χ0v) is 14.9. The zero-order chi connectivity index (χ0) is 18.0. The highest BCUT2D eigenvalue weighted by molar-refractivity contribution is 7.21. The summed E-state index contributed by atoms with van der Waals surface area (Å²) < 4.78 is 11.1. The monoisotopic (exact) mass is 355 g/mol. The third-order valence-corrected chi connectivity index (χ3v) is 5.00. The van der Waals surface area contributed by atoms with Crippen LogP contribution in [-0.4, -0.2) is 26.1 Å². The molecule has 3 rings (SSSR count). The van der Waals surface area contributed by atoms with Gasteiger partial charge in [0.15, 0.2) is 10.6 Å². The number of ether oxygens (including phenoxy) is 2. The summed E-state index contributed by atoms with van der Waals surface area (Å²) in [5.41, 5.74) is 2.16. The Bertz CT molecular complexity index is 961. The summed E-state index contributed by atoms with van der Waals surface area (Å²) in [6.07, 6.45) is 0. The number of thiophene rings is 1. The molecule has 5 nitrogen and oxygen atoms in total. The molecule has 2 aromatic carbocycles. The standard InChI is InChI=1S/C19H17NO4S/c1-11-6-4-5-7-13(11)18(21)20-12-8-9-15-14(10-12)16(23-2)17(25-15)19(22)24-3/h4-10H,1-3H3,(H,20,21). The first-order valence-electron chi connectivity index (χ1n) is 7.61. The molecule has 0 aliphatic heterocycles. The van der Waals surface area contributed by atoms with Gasteiger partial charge in [-0.25, -0.2) is 4.79 Å². The van der Waals surface area contributed by atoms with Crippen LogP contribution in [0.25, 0.3) is 10.1 Å². The average Bonchev–Trinajstić information content (AvgIpc) is 2.99. The number of carbonyl (C=O) groups is 2. The molecule has 0 bridgehead atoms. The molecule has 1 amide bonds. The van der Waals surface area contributed by atoms with Crippen molar-refractivity contribution in [2.24, 2.45) is 0 Å². The van der Waals surface area contributed by atoms with Crippen molar-refractivity contribution >= 4 is 39.0 Å². The van der Waals surface area contributed by atoms with Gasteiger partial charge in [-0.1, -0.05) is 18.2 Å². The van der Waals surface area contributed by atoms with Gasteiger partial charge in [0.2, 0.25) is 0 Å². The first kappa shape index (κ1) is 17.0. The smallest absolute Gasteiger partial charge is 0.351 e. The quantitative estimate of drug-likeness (QED) is 0.710. The molecular weight excluding hydrogens is 338 g/mol. The summed E-state index contributed by atoms with van der Waals surface area (Å²) in [5.74, 6) is -0.165. The normalized spacial score (nSPS) is 10.5. The Labute approximate surface area is 149 Å². The van der Waals surface area contributed by atoms with Gasteiger partial charge in [0.25, 0.3) is 5.91 Å². The Kier molecular flexibility index (Phi) is 4.72. The summed E-state index contributed by atoms with van der Waals surface area (Å²) in [6.45, 7) is 1.89. The molecule has 0 saturated heterocycles. The van der Waals surface area contributed by atoms with Crippen LogP contribution < -0.4 is 10.1 Å². The van der Waals surface area contributed by atoms with Gasteiger partial charge in [0.1, 0.15) is 0 Å². The first-order chi connectivity index (χ1) is 12.0. The highest BCUT2D eigenvalue weighted by atomic mass is 32.1. The van der Waals surface area contributed by atoms with Gasteiger partial charge in [0, 0.05) is 21.3 Å².